The van der Waals surface area contributed by atoms with Gasteiger partial charge in [0.25, 0.3) is 0 Å². The van der Waals surface area contributed by atoms with E-state index in [2.05, 4.69) is 20.6 Å². The van der Waals surface area contributed by atoms with Gasteiger partial charge in [-0.25, -0.2) is 9.48 Å². The molecule has 4 aromatic rings. The number of carbonyl (C=O) groups is 2. The molecule has 2 aromatic heterocycles. The van der Waals surface area contributed by atoms with Crippen LogP contribution < -0.4 is 5.32 Å². The summed E-state index contributed by atoms with van der Waals surface area (Å²) in [6.07, 6.45) is 3.62. The maximum Gasteiger partial charge on any atom is 0.338 e. The van der Waals surface area contributed by atoms with Gasteiger partial charge in [-0.15, -0.1) is 10.2 Å². The van der Waals surface area contributed by atoms with Crippen molar-refractivity contribution in [2.45, 2.75) is 11.9 Å². The molecule has 4 rings (SSSR count). The van der Waals surface area contributed by atoms with Gasteiger partial charge >= 0.3 is 5.97 Å². The van der Waals surface area contributed by atoms with E-state index in [0.717, 1.165) is 16.9 Å². The highest BCUT2D eigenvalue weighted by Crippen LogP contribution is 2.21. The Morgan fingerprint density at radius 1 is 1.00 bits per heavy atom. The van der Waals surface area contributed by atoms with Gasteiger partial charge in [0, 0.05) is 23.6 Å². The van der Waals surface area contributed by atoms with Crippen molar-refractivity contribution >= 4 is 29.3 Å². The number of ether oxygens (including phenoxy) is 1. The van der Waals surface area contributed by atoms with E-state index in [9.17, 15) is 9.59 Å². The molecule has 0 fully saturated rings. The predicted molar refractivity (Wildman–Crippen MR) is 126 cm³/mol. The number of thioether (sulfide) groups is 1. The number of hydrogen-bond donors (Lipinski definition) is 1. The summed E-state index contributed by atoms with van der Waals surface area (Å²) in [6.45, 7) is 2.07. The summed E-state index contributed by atoms with van der Waals surface area (Å²) in [4.78, 5) is 23.9. The number of aromatic nitrogens is 4. The molecule has 0 saturated carbocycles. The summed E-state index contributed by atoms with van der Waals surface area (Å²) in [5, 5.41) is 16.2. The minimum Gasteiger partial charge on any atom is -0.462 e. The summed E-state index contributed by atoms with van der Waals surface area (Å²) >= 11 is 1.30. The molecule has 0 aliphatic heterocycles. The molecule has 9 heteroatoms. The van der Waals surface area contributed by atoms with Gasteiger partial charge in [-0.1, -0.05) is 23.9 Å². The average molecular weight is 460 g/mol. The maximum absolute atomic E-state index is 12.2. The molecule has 0 spiro atoms. The molecule has 0 aliphatic rings. The first-order valence-electron chi connectivity index (χ1n) is 10.3. The Kier molecular flexibility index (Phi) is 7.11. The lowest BCUT2D eigenvalue weighted by Gasteiger charge is -2.07. The molecule has 2 aromatic carbocycles. The second kappa shape index (κ2) is 10.6. The van der Waals surface area contributed by atoms with E-state index in [1.807, 2.05) is 48.7 Å². The molecular weight excluding hydrogens is 438 g/mol. The SMILES string of the molecule is CCOC(=O)c1ccc(NC(=O)CSc2ccc(-c3ccc(-n4cccn4)cc3)nn2)cc1. The molecule has 166 valence electrons. The summed E-state index contributed by atoms with van der Waals surface area (Å²) in [6, 6.07) is 20.0. The smallest absolute Gasteiger partial charge is 0.338 e. The Bertz CT molecular complexity index is 1210. The summed E-state index contributed by atoms with van der Waals surface area (Å²) in [5.74, 6) is -0.377. The molecule has 1 amide bonds. The molecule has 0 saturated heterocycles. The van der Waals surface area contributed by atoms with E-state index in [0.29, 0.717) is 22.9 Å². The van der Waals surface area contributed by atoms with Gasteiger partial charge < -0.3 is 10.1 Å². The highest BCUT2D eigenvalue weighted by atomic mass is 32.2. The van der Waals surface area contributed by atoms with E-state index < -0.39 is 0 Å². The van der Waals surface area contributed by atoms with Gasteiger partial charge in [0.05, 0.1) is 29.3 Å². The molecule has 0 bridgehead atoms. The van der Waals surface area contributed by atoms with Crippen molar-refractivity contribution in [1.29, 1.82) is 0 Å². The van der Waals surface area contributed by atoms with Crippen LogP contribution in [0.1, 0.15) is 17.3 Å². The van der Waals surface area contributed by atoms with Crippen LogP contribution >= 0.6 is 11.8 Å². The summed E-state index contributed by atoms with van der Waals surface area (Å²) in [7, 11) is 0. The minimum atomic E-state index is -0.387. The largest absolute Gasteiger partial charge is 0.462 e. The van der Waals surface area contributed by atoms with Crippen LogP contribution in [0.3, 0.4) is 0 Å². The molecule has 0 unspecified atom stereocenters. The van der Waals surface area contributed by atoms with E-state index in [4.69, 9.17) is 4.74 Å². The molecule has 8 nitrogen and oxygen atoms in total. The number of hydrogen-bond acceptors (Lipinski definition) is 7. The number of rotatable bonds is 8. The monoisotopic (exact) mass is 459 g/mol. The normalized spacial score (nSPS) is 10.6. The van der Waals surface area contributed by atoms with Crippen molar-refractivity contribution in [1.82, 2.24) is 20.0 Å². The third-order valence-electron chi connectivity index (χ3n) is 4.60. The molecule has 2 heterocycles. The zero-order valence-corrected chi connectivity index (χ0v) is 18.7. The number of esters is 1. The topological polar surface area (TPSA) is 99.0 Å². The van der Waals surface area contributed by atoms with E-state index in [1.54, 1.807) is 42.1 Å². The van der Waals surface area contributed by atoms with Crippen molar-refractivity contribution < 1.29 is 14.3 Å². The van der Waals surface area contributed by atoms with Crippen LogP contribution in [0.2, 0.25) is 0 Å². The van der Waals surface area contributed by atoms with Crippen molar-refractivity contribution in [2.75, 3.05) is 17.7 Å². The Morgan fingerprint density at radius 2 is 1.79 bits per heavy atom. The highest BCUT2D eigenvalue weighted by Gasteiger charge is 2.09. The zero-order chi connectivity index (χ0) is 23.0. The first kappa shape index (κ1) is 22.2. The van der Waals surface area contributed by atoms with Crippen molar-refractivity contribution in [3.05, 3.63) is 84.7 Å². The van der Waals surface area contributed by atoms with Crippen LogP contribution in [0.4, 0.5) is 5.69 Å². The van der Waals surface area contributed by atoms with Gasteiger partial charge in [0.2, 0.25) is 5.91 Å². The molecule has 0 atom stereocenters. The fourth-order valence-electron chi connectivity index (χ4n) is 3.00. The van der Waals surface area contributed by atoms with Crippen LogP contribution in [0.25, 0.3) is 16.9 Å². The Morgan fingerprint density at radius 3 is 2.42 bits per heavy atom. The number of benzene rings is 2. The quantitative estimate of drug-likeness (QED) is 0.311. The summed E-state index contributed by atoms with van der Waals surface area (Å²) in [5.41, 5.74) is 3.70. The zero-order valence-electron chi connectivity index (χ0n) is 17.8. The van der Waals surface area contributed by atoms with Gasteiger partial charge in [-0.2, -0.15) is 5.10 Å². The number of carbonyl (C=O) groups excluding carboxylic acids is 2. The van der Waals surface area contributed by atoms with E-state index in [1.165, 1.54) is 11.8 Å². The molecule has 0 radical (unpaired) electrons. The van der Waals surface area contributed by atoms with Crippen molar-refractivity contribution in [3.8, 4) is 16.9 Å². The number of amides is 1. The minimum absolute atomic E-state index is 0.177. The first-order chi connectivity index (χ1) is 16.1. The van der Waals surface area contributed by atoms with Crippen LogP contribution in [0, 0.1) is 0 Å². The van der Waals surface area contributed by atoms with Crippen LogP contribution in [-0.4, -0.2) is 44.2 Å². The third-order valence-corrected chi connectivity index (χ3v) is 5.52. The van der Waals surface area contributed by atoms with Crippen LogP contribution in [-0.2, 0) is 9.53 Å². The molecule has 1 N–H and O–H groups in total. The summed E-state index contributed by atoms with van der Waals surface area (Å²) < 4.78 is 6.73. The predicted octanol–water partition coefficient (Wildman–Crippen LogP) is 4.24. The second-order valence-electron chi connectivity index (χ2n) is 6.89. The fraction of sp³-hybridized carbons (Fsp3) is 0.125. The lowest BCUT2D eigenvalue weighted by molar-refractivity contribution is -0.113. The Labute approximate surface area is 195 Å². The number of anilines is 1. The average Bonchev–Trinajstić information content (AvgIpc) is 3.39. The van der Waals surface area contributed by atoms with Gasteiger partial charge in [-0.05, 0) is 61.5 Å². The molecule has 33 heavy (non-hydrogen) atoms. The molecular formula is C24H21N5O3S. The number of nitrogens with one attached hydrogen (secondary N) is 1. The lowest BCUT2D eigenvalue weighted by atomic mass is 10.1. The first-order valence-corrected chi connectivity index (χ1v) is 11.2. The van der Waals surface area contributed by atoms with E-state index >= 15 is 0 Å². The van der Waals surface area contributed by atoms with Gasteiger partial charge in [-0.3, -0.25) is 4.79 Å². The van der Waals surface area contributed by atoms with Crippen LogP contribution in [0.5, 0.6) is 0 Å². The Balaban J connectivity index is 1.29. The standard InChI is InChI=1S/C24H21N5O3S/c1-2-32-24(31)18-4-8-19(9-5-18)26-22(30)16-33-23-13-12-21(27-28-23)17-6-10-20(11-7-17)29-15-3-14-25-29/h3-15H,2,16H2,1H3,(H,26,30). The van der Waals surface area contributed by atoms with Crippen LogP contribution in [0.15, 0.2) is 84.1 Å². The lowest BCUT2D eigenvalue weighted by Crippen LogP contribution is -2.14. The molecule has 0 aliphatic carbocycles. The fourth-order valence-corrected chi connectivity index (χ4v) is 3.61. The third kappa shape index (κ3) is 5.83. The maximum atomic E-state index is 12.2. The Hall–Kier alpha value is -3.98. The number of nitrogens with zero attached hydrogens (tertiary/aromatic N) is 4. The van der Waals surface area contributed by atoms with Crippen molar-refractivity contribution in [2.24, 2.45) is 0 Å². The van der Waals surface area contributed by atoms with E-state index in [-0.39, 0.29) is 17.6 Å². The second-order valence-corrected chi connectivity index (χ2v) is 7.88. The highest BCUT2D eigenvalue weighted by molar-refractivity contribution is 7.99. The van der Waals surface area contributed by atoms with Crippen molar-refractivity contribution in [3.63, 3.8) is 0 Å². The van der Waals surface area contributed by atoms with Gasteiger partial charge in [0.1, 0.15) is 5.03 Å². The van der Waals surface area contributed by atoms with Gasteiger partial charge in [0.15, 0.2) is 0 Å².